The highest BCUT2D eigenvalue weighted by atomic mass is 35.5. The molecule has 1 aliphatic rings. The van der Waals surface area contributed by atoms with Gasteiger partial charge in [0.2, 0.25) is 5.90 Å². The molecule has 5 heteroatoms. The summed E-state index contributed by atoms with van der Waals surface area (Å²) < 4.78 is 5.61. The van der Waals surface area contributed by atoms with E-state index in [1.807, 2.05) is 44.2 Å². The van der Waals surface area contributed by atoms with Crippen molar-refractivity contribution in [3.05, 3.63) is 82.9 Å². The van der Waals surface area contributed by atoms with Crippen molar-refractivity contribution >= 4 is 29.3 Å². The van der Waals surface area contributed by atoms with Crippen LogP contribution in [0.1, 0.15) is 37.8 Å². The Morgan fingerprint density at radius 1 is 1.11 bits per heavy atom. The lowest BCUT2D eigenvalue weighted by molar-refractivity contribution is -0.141. The second-order valence-electron chi connectivity index (χ2n) is 7.22. The lowest BCUT2D eigenvalue weighted by Gasteiger charge is -2.35. The molecule has 2 aromatic rings. The zero-order valence-corrected chi connectivity index (χ0v) is 16.9. The summed E-state index contributed by atoms with van der Waals surface area (Å²) in [6, 6.07) is 16.3. The summed E-state index contributed by atoms with van der Waals surface area (Å²) in [5, 5.41) is 0.567. The third-order valence-corrected chi connectivity index (χ3v) is 5.40. The van der Waals surface area contributed by atoms with Gasteiger partial charge in [0.25, 0.3) is 0 Å². The fraction of sp³-hybridized carbons (Fsp3) is 0.261. The van der Waals surface area contributed by atoms with E-state index in [4.69, 9.17) is 21.3 Å². The van der Waals surface area contributed by atoms with Crippen molar-refractivity contribution in [1.29, 1.82) is 0 Å². The molecule has 0 amide bonds. The third-order valence-electron chi connectivity index (χ3n) is 5.15. The maximum atomic E-state index is 13.2. The first-order valence-corrected chi connectivity index (χ1v) is 9.48. The van der Waals surface area contributed by atoms with Crippen LogP contribution >= 0.6 is 11.6 Å². The van der Waals surface area contributed by atoms with E-state index in [1.165, 1.54) is 6.92 Å². The molecule has 0 fully saturated rings. The summed E-state index contributed by atoms with van der Waals surface area (Å²) in [6.45, 7) is 9.24. The summed E-state index contributed by atoms with van der Waals surface area (Å²) in [4.78, 5) is 30.3. The number of carbonyl (C=O) groups excluding carboxylic acids is 2. The van der Waals surface area contributed by atoms with E-state index < -0.39 is 17.4 Å². The van der Waals surface area contributed by atoms with Crippen LogP contribution in [0, 0.1) is 5.92 Å². The first-order valence-electron chi connectivity index (χ1n) is 9.10. The molecule has 1 aliphatic heterocycles. The van der Waals surface area contributed by atoms with Crippen LogP contribution in [0.15, 0.2) is 71.7 Å². The largest absolute Gasteiger partial charge is 0.405 e. The Morgan fingerprint density at radius 2 is 1.71 bits per heavy atom. The molecule has 0 unspecified atom stereocenters. The zero-order chi connectivity index (χ0) is 20.5. The Kier molecular flexibility index (Phi) is 5.52. The topological polar surface area (TPSA) is 55.7 Å². The van der Waals surface area contributed by atoms with E-state index >= 15 is 0 Å². The number of esters is 1. The highest BCUT2D eigenvalue weighted by molar-refractivity contribution is 6.30. The van der Waals surface area contributed by atoms with Crippen LogP contribution in [0.4, 0.5) is 0 Å². The lowest BCUT2D eigenvalue weighted by Crippen LogP contribution is -2.46. The predicted molar refractivity (Wildman–Crippen MR) is 111 cm³/mol. The number of rotatable bonds is 6. The highest BCUT2D eigenvalue weighted by Crippen LogP contribution is 2.46. The molecule has 0 spiro atoms. The van der Waals surface area contributed by atoms with Gasteiger partial charge in [0.05, 0.1) is 0 Å². The van der Waals surface area contributed by atoms with Crippen LogP contribution in [0.3, 0.4) is 0 Å². The van der Waals surface area contributed by atoms with E-state index in [1.54, 1.807) is 24.3 Å². The van der Waals surface area contributed by atoms with E-state index in [-0.39, 0.29) is 17.6 Å². The van der Waals surface area contributed by atoms with Gasteiger partial charge in [0, 0.05) is 16.5 Å². The molecular formula is C23H22ClNO3. The molecule has 0 N–H and O–H groups in total. The van der Waals surface area contributed by atoms with Crippen LogP contribution in [-0.4, -0.2) is 23.2 Å². The first kappa shape index (κ1) is 20.0. The average molecular weight is 396 g/mol. The van der Waals surface area contributed by atoms with Gasteiger partial charge in [-0.2, -0.15) is 0 Å². The Balaban J connectivity index is 2.22. The van der Waals surface area contributed by atoms with Crippen LogP contribution in [-0.2, 0) is 14.3 Å². The third kappa shape index (κ3) is 3.40. The van der Waals surface area contributed by atoms with Gasteiger partial charge in [0.1, 0.15) is 0 Å². The molecule has 0 aromatic heterocycles. The molecule has 1 heterocycles. The van der Waals surface area contributed by atoms with Crippen molar-refractivity contribution in [2.24, 2.45) is 10.9 Å². The molecule has 2 aromatic carbocycles. The Labute approximate surface area is 169 Å². The van der Waals surface area contributed by atoms with Crippen molar-refractivity contribution in [2.75, 3.05) is 0 Å². The van der Waals surface area contributed by atoms with Gasteiger partial charge >= 0.3 is 5.97 Å². The summed E-state index contributed by atoms with van der Waals surface area (Å²) in [7, 11) is 0. The summed E-state index contributed by atoms with van der Waals surface area (Å²) in [5.74, 6) is -1.32. The zero-order valence-electron chi connectivity index (χ0n) is 16.1. The molecule has 3 rings (SSSR count). The quantitative estimate of drug-likeness (QED) is 0.512. The van der Waals surface area contributed by atoms with Gasteiger partial charge in [-0.3, -0.25) is 4.79 Å². The normalized spacial score (nSPS) is 19.9. The SMILES string of the molecule is C=C(C(C)=O)[C@@H](c1ccc(Cl)cc1)[C@]1(C(C)C)N=C(c2ccccc2)OC1=O. The van der Waals surface area contributed by atoms with E-state index in [0.29, 0.717) is 16.2 Å². The molecule has 0 radical (unpaired) electrons. The number of carbonyl (C=O) groups is 2. The number of Topliss-reactive ketones (excluding diaryl/α,β-unsaturated/α-hetero) is 1. The maximum absolute atomic E-state index is 13.2. The molecule has 0 bridgehead atoms. The molecule has 144 valence electrons. The van der Waals surface area contributed by atoms with Crippen LogP contribution < -0.4 is 0 Å². The lowest BCUT2D eigenvalue weighted by atomic mass is 9.69. The number of nitrogens with zero attached hydrogens (tertiary/aromatic N) is 1. The van der Waals surface area contributed by atoms with Crippen LogP contribution in [0.2, 0.25) is 5.02 Å². The minimum Gasteiger partial charge on any atom is -0.405 e. The highest BCUT2D eigenvalue weighted by Gasteiger charge is 2.56. The number of hydrogen-bond acceptors (Lipinski definition) is 4. The number of aliphatic imine (C=N–C) groups is 1. The van der Waals surface area contributed by atoms with E-state index in [0.717, 1.165) is 5.56 Å². The number of cyclic esters (lactones) is 1. The number of hydrogen-bond donors (Lipinski definition) is 0. The Hall–Kier alpha value is -2.72. The minimum atomic E-state index is -1.29. The predicted octanol–water partition coefficient (Wildman–Crippen LogP) is 4.97. The molecule has 4 nitrogen and oxygen atoms in total. The maximum Gasteiger partial charge on any atom is 0.342 e. The molecule has 28 heavy (non-hydrogen) atoms. The summed E-state index contributed by atoms with van der Waals surface area (Å²) in [5.41, 5.74) is 0.475. The van der Waals surface area contributed by atoms with Crippen molar-refractivity contribution in [3.63, 3.8) is 0 Å². The monoisotopic (exact) mass is 395 g/mol. The fourth-order valence-electron chi connectivity index (χ4n) is 3.57. The summed E-state index contributed by atoms with van der Waals surface area (Å²) >= 11 is 6.04. The van der Waals surface area contributed by atoms with Crippen molar-refractivity contribution in [3.8, 4) is 0 Å². The second-order valence-corrected chi connectivity index (χ2v) is 7.65. The van der Waals surface area contributed by atoms with Gasteiger partial charge < -0.3 is 4.74 Å². The number of halogens is 1. The number of benzene rings is 2. The summed E-state index contributed by atoms with van der Waals surface area (Å²) in [6.07, 6.45) is 0. The van der Waals surface area contributed by atoms with Gasteiger partial charge in [-0.25, -0.2) is 9.79 Å². The fourth-order valence-corrected chi connectivity index (χ4v) is 3.70. The van der Waals surface area contributed by atoms with Gasteiger partial charge in [-0.15, -0.1) is 0 Å². The van der Waals surface area contributed by atoms with Crippen molar-refractivity contribution in [2.45, 2.75) is 32.2 Å². The van der Waals surface area contributed by atoms with Crippen molar-refractivity contribution in [1.82, 2.24) is 0 Å². The first-order chi connectivity index (χ1) is 13.3. The molecule has 0 saturated carbocycles. The van der Waals surface area contributed by atoms with E-state index in [9.17, 15) is 9.59 Å². The van der Waals surface area contributed by atoms with Crippen LogP contribution in [0.5, 0.6) is 0 Å². The van der Waals surface area contributed by atoms with Gasteiger partial charge in [-0.1, -0.05) is 62.4 Å². The molecule has 2 atom stereocenters. The number of ether oxygens (including phenoxy) is 1. The van der Waals surface area contributed by atoms with Gasteiger partial charge in [-0.05, 0) is 48.2 Å². The molecular weight excluding hydrogens is 374 g/mol. The van der Waals surface area contributed by atoms with E-state index in [2.05, 4.69) is 6.58 Å². The smallest absolute Gasteiger partial charge is 0.342 e. The van der Waals surface area contributed by atoms with Gasteiger partial charge in [0.15, 0.2) is 11.3 Å². The molecule has 0 saturated heterocycles. The molecule has 0 aliphatic carbocycles. The minimum absolute atomic E-state index is 0.198. The Bertz CT molecular complexity index is 948. The standard InChI is InChI=1S/C23H22ClNO3/c1-14(2)23(22(27)28-21(25-23)18-8-6-5-7-9-18)20(15(3)16(4)26)17-10-12-19(24)13-11-17/h5-14,20H,3H2,1-2,4H3/t20-,23-/m0/s1. The van der Waals surface area contributed by atoms with Crippen molar-refractivity contribution < 1.29 is 14.3 Å². The average Bonchev–Trinajstić information content (AvgIpc) is 3.02. The number of ketones is 1. The Morgan fingerprint density at radius 3 is 2.25 bits per heavy atom. The second kappa shape index (κ2) is 7.72. The van der Waals surface area contributed by atoms with Crippen LogP contribution in [0.25, 0.3) is 0 Å².